The van der Waals surface area contributed by atoms with Crippen LogP contribution in [0.1, 0.15) is 18.4 Å². The zero-order valence-corrected chi connectivity index (χ0v) is 13.1. The first-order chi connectivity index (χ1) is 11.6. The molecule has 2 aliphatic rings. The predicted octanol–water partition coefficient (Wildman–Crippen LogP) is 3.13. The smallest absolute Gasteiger partial charge is 0.242 e. The van der Waals surface area contributed by atoms with Crippen LogP contribution in [0.25, 0.3) is 0 Å². The predicted molar refractivity (Wildman–Crippen MR) is 89.2 cm³/mol. The molecule has 1 saturated carbocycles. The Bertz CT molecular complexity index is 830. The van der Waals surface area contributed by atoms with Gasteiger partial charge in [-0.1, -0.05) is 30.3 Å². The number of para-hydroxylation sites is 2. The number of anilines is 2. The van der Waals surface area contributed by atoms with E-state index in [2.05, 4.69) is 5.32 Å². The number of hydrogen-bond donors (Lipinski definition) is 1. The van der Waals surface area contributed by atoms with Crippen molar-refractivity contribution in [3.8, 4) is 0 Å². The standard InChI is InChI=1S/C19H17FN2O2/c20-14-6-2-3-7-15(14)21-17(23)19(10-11-19)18(24)22-12-9-13-5-1-4-8-16(13)22/h1-8H,9-12H2,(H,21,23). The Hall–Kier alpha value is -2.69. The Labute approximate surface area is 139 Å². The van der Waals surface area contributed by atoms with Gasteiger partial charge < -0.3 is 10.2 Å². The number of hydrogen-bond acceptors (Lipinski definition) is 2. The highest BCUT2D eigenvalue weighted by atomic mass is 19.1. The lowest BCUT2D eigenvalue weighted by atomic mass is 10.0. The minimum Gasteiger partial charge on any atom is -0.323 e. The Morgan fingerprint density at radius 2 is 1.75 bits per heavy atom. The van der Waals surface area contributed by atoms with E-state index in [1.54, 1.807) is 17.0 Å². The van der Waals surface area contributed by atoms with Crippen LogP contribution >= 0.6 is 0 Å². The molecule has 4 nitrogen and oxygen atoms in total. The highest BCUT2D eigenvalue weighted by Gasteiger charge is 2.58. The van der Waals surface area contributed by atoms with Crippen molar-refractivity contribution < 1.29 is 14.0 Å². The van der Waals surface area contributed by atoms with Crippen molar-refractivity contribution in [1.82, 2.24) is 0 Å². The molecule has 0 aromatic heterocycles. The fourth-order valence-corrected chi connectivity index (χ4v) is 3.28. The summed E-state index contributed by atoms with van der Waals surface area (Å²) in [6.07, 6.45) is 1.81. The number of fused-ring (bicyclic) bond motifs is 1. The third kappa shape index (κ3) is 2.28. The van der Waals surface area contributed by atoms with Gasteiger partial charge in [0.05, 0.1) is 5.69 Å². The lowest BCUT2D eigenvalue weighted by Gasteiger charge is -2.23. The third-order valence-electron chi connectivity index (χ3n) is 4.85. The molecule has 1 heterocycles. The van der Waals surface area contributed by atoms with Crippen molar-refractivity contribution in [3.63, 3.8) is 0 Å². The van der Waals surface area contributed by atoms with E-state index >= 15 is 0 Å². The van der Waals surface area contributed by atoms with Crippen LogP contribution in [-0.2, 0) is 16.0 Å². The second kappa shape index (κ2) is 5.44. The van der Waals surface area contributed by atoms with E-state index in [0.29, 0.717) is 19.4 Å². The first kappa shape index (κ1) is 14.9. The number of nitrogens with one attached hydrogen (secondary N) is 1. The molecule has 0 spiro atoms. The highest BCUT2D eigenvalue weighted by Crippen LogP contribution is 2.49. The summed E-state index contributed by atoms with van der Waals surface area (Å²) in [5, 5.41) is 2.58. The normalized spacial score (nSPS) is 17.3. The molecule has 0 bridgehead atoms. The Morgan fingerprint density at radius 3 is 2.50 bits per heavy atom. The second-order valence-electron chi connectivity index (χ2n) is 6.35. The molecule has 2 aromatic rings. The molecule has 122 valence electrons. The molecule has 1 aliphatic heterocycles. The zero-order valence-electron chi connectivity index (χ0n) is 13.1. The molecule has 1 aliphatic carbocycles. The summed E-state index contributed by atoms with van der Waals surface area (Å²) in [6.45, 7) is 0.590. The Kier molecular flexibility index (Phi) is 3.37. The van der Waals surface area contributed by atoms with Crippen molar-refractivity contribution in [2.24, 2.45) is 5.41 Å². The summed E-state index contributed by atoms with van der Waals surface area (Å²) in [5.41, 5.74) is 1.06. The van der Waals surface area contributed by atoms with Crippen molar-refractivity contribution in [2.75, 3.05) is 16.8 Å². The summed E-state index contributed by atoms with van der Waals surface area (Å²) in [6, 6.07) is 13.7. The van der Waals surface area contributed by atoms with Gasteiger partial charge in [0.1, 0.15) is 11.2 Å². The van der Waals surface area contributed by atoms with Crippen LogP contribution in [0.4, 0.5) is 15.8 Å². The van der Waals surface area contributed by atoms with Crippen molar-refractivity contribution >= 4 is 23.2 Å². The van der Waals surface area contributed by atoms with Crippen molar-refractivity contribution in [1.29, 1.82) is 0 Å². The van der Waals surface area contributed by atoms with Crippen LogP contribution in [0.3, 0.4) is 0 Å². The van der Waals surface area contributed by atoms with Crippen LogP contribution in [0.15, 0.2) is 48.5 Å². The summed E-state index contributed by atoms with van der Waals surface area (Å²) in [5.74, 6) is -1.09. The van der Waals surface area contributed by atoms with Gasteiger partial charge in [0, 0.05) is 12.2 Å². The fraction of sp³-hybridized carbons (Fsp3) is 0.263. The molecule has 0 saturated heterocycles. The lowest BCUT2D eigenvalue weighted by molar-refractivity contribution is -0.132. The zero-order chi connectivity index (χ0) is 16.7. The van der Waals surface area contributed by atoms with Crippen molar-refractivity contribution in [2.45, 2.75) is 19.3 Å². The van der Waals surface area contributed by atoms with E-state index < -0.39 is 17.1 Å². The molecule has 1 N–H and O–H groups in total. The average molecular weight is 324 g/mol. The molecule has 0 unspecified atom stereocenters. The van der Waals surface area contributed by atoms with E-state index in [9.17, 15) is 14.0 Å². The van der Waals surface area contributed by atoms with Crippen LogP contribution in [0.5, 0.6) is 0 Å². The maximum Gasteiger partial charge on any atom is 0.242 e. The molecular weight excluding hydrogens is 307 g/mol. The number of benzene rings is 2. The monoisotopic (exact) mass is 324 g/mol. The van der Waals surface area contributed by atoms with E-state index in [-0.39, 0.29) is 11.6 Å². The maximum atomic E-state index is 13.7. The van der Waals surface area contributed by atoms with Gasteiger partial charge in [-0.3, -0.25) is 9.59 Å². The number of carbonyl (C=O) groups excluding carboxylic acids is 2. The molecule has 0 atom stereocenters. The summed E-state index contributed by atoms with van der Waals surface area (Å²) < 4.78 is 13.7. The molecule has 24 heavy (non-hydrogen) atoms. The van der Waals surface area contributed by atoms with E-state index in [4.69, 9.17) is 0 Å². The molecule has 4 rings (SSSR count). The second-order valence-corrected chi connectivity index (χ2v) is 6.35. The van der Waals surface area contributed by atoms with Crippen molar-refractivity contribution in [3.05, 3.63) is 59.9 Å². The Balaban J connectivity index is 1.56. The van der Waals surface area contributed by atoms with Crippen LogP contribution in [0.2, 0.25) is 0 Å². The van der Waals surface area contributed by atoms with Crippen LogP contribution in [-0.4, -0.2) is 18.4 Å². The maximum absolute atomic E-state index is 13.7. The first-order valence-corrected chi connectivity index (χ1v) is 8.08. The van der Waals surface area contributed by atoms with Gasteiger partial charge in [-0.15, -0.1) is 0 Å². The third-order valence-corrected chi connectivity index (χ3v) is 4.85. The van der Waals surface area contributed by atoms with Gasteiger partial charge in [0.15, 0.2) is 0 Å². The van der Waals surface area contributed by atoms with Gasteiger partial charge in [0.25, 0.3) is 0 Å². The van der Waals surface area contributed by atoms with Crippen LogP contribution in [0, 0.1) is 11.2 Å². The first-order valence-electron chi connectivity index (χ1n) is 8.08. The SMILES string of the molecule is O=C(Nc1ccccc1F)C1(C(=O)N2CCc3ccccc32)CC1. The summed E-state index contributed by atoms with van der Waals surface area (Å²) in [7, 11) is 0. The van der Waals surface area contributed by atoms with Gasteiger partial charge >= 0.3 is 0 Å². The van der Waals surface area contributed by atoms with Gasteiger partial charge in [-0.2, -0.15) is 0 Å². The number of nitrogens with zero attached hydrogens (tertiary/aromatic N) is 1. The number of halogens is 1. The van der Waals surface area contributed by atoms with E-state index in [1.165, 1.54) is 12.1 Å². The molecule has 0 radical (unpaired) electrons. The van der Waals surface area contributed by atoms with E-state index in [0.717, 1.165) is 17.7 Å². The lowest BCUT2D eigenvalue weighted by Crippen LogP contribution is -2.42. The quantitative estimate of drug-likeness (QED) is 0.882. The van der Waals surface area contributed by atoms with Gasteiger partial charge in [-0.05, 0) is 43.0 Å². The van der Waals surface area contributed by atoms with Gasteiger partial charge in [-0.25, -0.2) is 4.39 Å². The van der Waals surface area contributed by atoms with E-state index in [1.807, 2.05) is 24.3 Å². The largest absolute Gasteiger partial charge is 0.323 e. The Morgan fingerprint density at radius 1 is 1.04 bits per heavy atom. The molecular formula is C19H17FN2O2. The topological polar surface area (TPSA) is 49.4 Å². The minimum absolute atomic E-state index is 0.114. The molecule has 2 aromatic carbocycles. The van der Waals surface area contributed by atoms with Gasteiger partial charge in [0.2, 0.25) is 11.8 Å². The number of amides is 2. The minimum atomic E-state index is -1.06. The summed E-state index contributed by atoms with van der Waals surface area (Å²) >= 11 is 0. The average Bonchev–Trinajstić information content (AvgIpc) is 3.30. The molecule has 1 fully saturated rings. The molecule has 2 amide bonds. The fourth-order valence-electron chi connectivity index (χ4n) is 3.28. The summed E-state index contributed by atoms with van der Waals surface area (Å²) in [4.78, 5) is 27.3. The number of rotatable bonds is 3. The number of carbonyl (C=O) groups is 2. The van der Waals surface area contributed by atoms with Crippen LogP contribution < -0.4 is 10.2 Å². The highest BCUT2D eigenvalue weighted by molar-refractivity contribution is 6.18. The molecule has 5 heteroatoms.